The average Bonchev–Trinajstić information content (AvgIpc) is 3.23. The largest absolute Gasteiger partial charge is 0.417 e. The standard InChI is InChI=1S/C20H23BrF3NO2/c1-3-26-19(27-4-2)15-6-7-16(19)14-11-25(10-13(14)15)12-5-8-18(21)17(9-12)20(22,23)24/h5-9,13-16H,3-4,10-11H2,1-2H3/t13-,14+,15-,16+. The second kappa shape index (κ2) is 6.78. The number of benzene rings is 1. The lowest BCUT2D eigenvalue weighted by molar-refractivity contribution is -0.259. The monoisotopic (exact) mass is 445 g/mol. The Hall–Kier alpha value is -1.05. The van der Waals surface area contributed by atoms with Crippen LogP contribution in [0.5, 0.6) is 0 Å². The van der Waals surface area contributed by atoms with E-state index in [0.29, 0.717) is 30.7 Å². The third-order valence-electron chi connectivity index (χ3n) is 6.15. The maximum atomic E-state index is 13.3. The minimum atomic E-state index is -4.37. The van der Waals surface area contributed by atoms with E-state index in [-0.39, 0.29) is 16.3 Å². The number of hydrogen-bond acceptors (Lipinski definition) is 3. The van der Waals surface area contributed by atoms with Crippen LogP contribution in [0.2, 0.25) is 0 Å². The molecule has 1 aliphatic heterocycles. The van der Waals surface area contributed by atoms with Crippen LogP contribution < -0.4 is 4.90 Å². The minimum absolute atomic E-state index is 0.0755. The predicted molar refractivity (Wildman–Crippen MR) is 100 cm³/mol. The van der Waals surface area contributed by atoms with Crippen molar-refractivity contribution in [2.45, 2.75) is 25.8 Å². The van der Waals surface area contributed by atoms with Crippen molar-refractivity contribution >= 4 is 21.6 Å². The van der Waals surface area contributed by atoms with Gasteiger partial charge in [-0.2, -0.15) is 13.2 Å². The lowest BCUT2D eigenvalue weighted by Crippen LogP contribution is -2.45. The molecule has 3 aliphatic rings. The topological polar surface area (TPSA) is 21.7 Å². The number of halogens is 4. The van der Waals surface area contributed by atoms with E-state index >= 15 is 0 Å². The van der Waals surface area contributed by atoms with Crippen LogP contribution in [-0.2, 0) is 15.7 Å². The zero-order valence-corrected chi connectivity index (χ0v) is 16.9. The van der Waals surface area contributed by atoms with Crippen LogP contribution in [0, 0.1) is 23.7 Å². The lowest BCUT2D eigenvalue weighted by atomic mass is 9.86. The summed E-state index contributed by atoms with van der Waals surface area (Å²) in [5, 5.41) is 0. The van der Waals surface area contributed by atoms with Crippen molar-refractivity contribution in [2.24, 2.45) is 23.7 Å². The lowest BCUT2D eigenvalue weighted by Gasteiger charge is -2.36. The Labute approximate surface area is 165 Å². The van der Waals surface area contributed by atoms with Crippen LogP contribution in [0.1, 0.15) is 19.4 Å². The van der Waals surface area contributed by atoms with E-state index in [1.807, 2.05) is 13.8 Å². The first kappa shape index (κ1) is 19.3. The van der Waals surface area contributed by atoms with E-state index in [1.165, 1.54) is 12.1 Å². The van der Waals surface area contributed by atoms with Gasteiger partial charge in [-0.05, 0) is 43.9 Å². The summed E-state index contributed by atoms with van der Waals surface area (Å²) in [5.41, 5.74) is -0.00567. The molecule has 27 heavy (non-hydrogen) atoms. The Bertz CT molecular complexity index is 721. The summed E-state index contributed by atoms with van der Waals surface area (Å²) in [7, 11) is 0. The van der Waals surface area contributed by atoms with E-state index in [2.05, 4.69) is 33.0 Å². The molecule has 0 unspecified atom stereocenters. The molecule has 7 heteroatoms. The van der Waals surface area contributed by atoms with Gasteiger partial charge in [0, 0.05) is 48.3 Å². The fourth-order valence-electron chi connectivity index (χ4n) is 5.24. The smallest absolute Gasteiger partial charge is 0.371 e. The molecule has 3 nitrogen and oxygen atoms in total. The van der Waals surface area contributed by atoms with Crippen molar-refractivity contribution in [2.75, 3.05) is 31.2 Å². The van der Waals surface area contributed by atoms with Crippen molar-refractivity contribution < 1.29 is 22.6 Å². The van der Waals surface area contributed by atoms with Gasteiger partial charge >= 0.3 is 6.18 Å². The molecular weight excluding hydrogens is 423 g/mol. The SMILES string of the molecule is CCOC1(OCC)[C@@H]2C=C[C@H]1[C@H]1CN(c3ccc(Br)c(C(F)(F)F)c3)C[C@H]12. The molecule has 0 aromatic heterocycles. The van der Waals surface area contributed by atoms with Gasteiger partial charge < -0.3 is 14.4 Å². The van der Waals surface area contributed by atoms with Crippen LogP contribution >= 0.6 is 15.9 Å². The Balaban J connectivity index is 1.59. The Morgan fingerprint density at radius 3 is 2.11 bits per heavy atom. The van der Waals surface area contributed by atoms with E-state index < -0.39 is 17.5 Å². The van der Waals surface area contributed by atoms with Gasteiger partial charge in [0.05, 0.1) is 5.56 Å². The third-order valence-corrected chi connectivity index (χ3v) is 6.84. The predicted octanol–water partition coefficient (Wildman–Crippen LogP) is 5.11. The van der Waals surface area contributed by atoms with Gasteiger partial charge in [-0.1, -0.05) is 28.1 Å². The maximum Gasteiger partial charge on any atom is 0.417 e. The molecule has 0 amide bonds. The van der Waals surface area contributed by atoms with Gasteiger partial charge in [0.1, 0.15) is 0 Å². The van der Waals surface area contributed by atoms with E-state index in [9.17, 15) is 13.2 Å². The summed E-state index contributed by atoms with van der Waals surface area (Å²) in [5.74, 6) is 0.360. The van der Waals surface area contributed by atoms with Crippen LogP contribution in [0.15, 0.2) is 34.8 Å². The quantitative estimate of drug-likeness (QED) is 0.464. The van der Waals surface area contributed by atoms with Crippen LogP contribution in [0.4, 0.5) is 18.9 Å². The molecule has 148 valence electrons. The summed E-state index contributed by atoms with van der Waals surface area (Å²) in [4.78, 5) is 2.08. The zero-order chi connectivity index (χ0) is 19.4. The van der Waals surface area contributed by atoms with Gasteiger partial charge in [0.15, 0.2) is 5.79 Å². The third kappa shape index (κ3) is 2.93. The second-order valence-corrected chi connectivity index (χ2v) is 8.27. The van der Waals surface area contributed by atoms with E-state index in [0.717, 1.165) is 13.1 Å². The highest BCUT2D eigenvalue weighted by Gasteiger charge is 2.65. The molecule has 2 fully saturated rings. The van der Waals surface area contributed by atoms with Gasteiger partial charge in [-0.3, -0.25) is 0 Å². The highest BCUT2D eigenvalue weighted by atomic mass is 79.9. The van der Waals surface area contributed by atoms with E-state index in [1.54, 1.807) is 6.07 Å². The molecule has 4 atom stereocenters. The second-order valence-electron chi connectivity index (χ2n) is 7.42. The number of ether oxygens (including phenoxy) is 2. The average molecular weight is 446 g/mol. The Morgan fingerprint density at radius 1 is 1.07 bits per heavy atom. The molecule has 1 aromatic rings. The summed E-state index contributed by atoms with van der Waals surface area (Å²) in [6.45, 7) is 6.55. The number of nitrogens with zero attached hydrogens (tertiary/aromatic N) is 1. The first-order chi connectivity index (χ1) is 12.8. The summed E-state index contributed by atoms with van der Waals surface area (Å²) < 4.78 is 52.1. The summed E-state index contributed by atoms with van der Waals surface area (Å²) in [6, 6.07) is 4.50. The van der Waals surface area contributed by atoms with Crippen LogP contribution in [0.25, 0.3) is 0 Å². The van der Waals surface area contributed by atoms with Crippen LogP contribution in [-0.4, -0.2) is 32.1 Å². The van der Waals surface area contributed by atoms with Gasteiger partial charge in [-0.15, -0.1) is 0 Å². The fourth-order valence-corrected chi connectivity index (χ4v) is 5.71. The molecule has 4 rings (SSSR count). The fraction of sp³-hybridized carbons (Fsp3) is 0.600. The zero-order valence-electron chi connectivity index (χ0n) is 15.3. The van der Waals surface area contributed by atoms with Crippen molar-refractivity contribution in [1.29, 1.82) is 0 Å². The summed E-state index contributed by atoms with van der Waals surface area (Å²) in [6.07, 6.45) is -0.00311. The van der Waals surface area contributed by atoms with Crippen molar-refractivity contribution in [1.82, 2.24) is 0 Å². The Kier molecular flexibility index (Phi) is 4.84. The molecule has 0 N–H and O–H groups in total. The molecule has 1 heterocycles. The number of rotatable bonds is 5. The molecule has 0 spiro atoms. The van der Waals surface area contributed by atoms with Gasteiger partial charge in [0.25, 0.3) is 0 Å². The molecule has 0 radical (unpaired) electrons. The number of alkyl halides is 3. The van der Waals surface area contributed by atoms with E-state index in [4.69, 9.17) is 9.47 Å². The normalized spacial score (nSPS) is 31.0. The van der Waals surface area contributed by atoms with Gasteiger partial charge in [0.2, 0.25) is 0 Å². The van der Waals surface area contributed by atoms with Crippen LogP contribution in [0.3, 0.4) is 0 Å². The molecule has 2 bridgehead atoms. The number of hydrogen-bond donors (Lipinski definition) is 0. The number of fused-ring (bicyclic) bond motifs is 5. The minimum Gasteiger partial charge on any atom is -0.371 e. The molecule has 1 saturated carbocycles. The number of anilines is 1. The van der Waals surface area contributed by atoms with Gasteiger partial charge in [-0.25, -0.2) is 0 Å². The van der Waals surface area contributed by atoms with Crippen molar-refractivity contribution in [3.05, 3.63) is 40.4 Å². The van der Waals surface area contributed by atoms with Crippen molar-refractivity contribution in [3.8, 4) is 0 Å². The Morgan fingerprint density at radius 2 is 1.63 bits per heavy atom. The molecular formula is C20H23BrF3NO2. The molecule has 1 aromatic carbocycles. The molecule has 1 saturated heterocycles. The highest BCUT2D eigenvalue weighted by molar-refractivity contribution is 9.10. The first-order valence-corrected chi connectivity index (χ1v) is 10.2. The molecule has 2 aliphatic carbocycles. The highest BCUT2D eigenvalue weighted by Crippen LogP contribution is 2.59. The van der Waals surface area contributed by atoms with Crippen molar-refractivity contribution in [3.63, 3.8) is 0 Å². The first-order valence-electron chi connectivity index (χ1n) is 9.39. The summed E-state index contributed by atoms with van der Waals surface area (Å²) >= 11 is 3.02. The maximum absolute atomic E-state index is 13.3.